The Balaban J connectivity index is 1.54. The third-order valence-corrected chi connectivity index (χ3v) is 11.8. The number of amides is 1. The molecule has 45 heavy (non-hydrogen) atoms. The molecule has 1 aromatic heterocycles. The van der Waals surface area contributed by atoms with Gasteiger partial charge in [0, 0.05) is 50.3 Å². The van der Waals surface area contributed by atoms with Crippen molar-refractivity contribution in [2.75, 3.05) is 26.3 Å². The van der Waals surface area contributed by atoms with Gasteiger partial charge in [0.05, 0.1) is 16.4 Å². The van der Waals surface area contributed by atoms with Crippen LogP contribution in [0, 0.1) is 18.8 Å². The summed E-state index contributed by atoms with van der Waals surface area (Å²) in [6.45, 7) is 9.23. The molecule has 2 aliphatic heterocycles. The van der Waals surface area contributed by atoms with Crippen molar-refractivity contribution in [2.24, 2.45) is 11.8 Å². The average Bonchev–Trinajstić information content (AvgIpc) is 3.32. The first-order chi connectivity index (χ1) is 21.2. The molecule has 1 saturated carbocycles. The number of aromatic nitrogens is 1. The maximum Gasteiger partial charge on any atom is 0.393 e. The number of hydrogen-bond donors (Lipinski definition) is 1. The number of hydrogen-bond acceptors (Lipinski definition) is 4. The Morgan fingerprint density at radius 3 is 2.31 bits per heavy atom. The average molecular weight is 652 g/mol. The molecule has 1 aromatic carbocycles. The fraction of sp³-hybridized carbons (Fsp3) is 0.676. The number of carbonyl (C=O) groups excluding carboxylic acids is 1. The lowest BCUT2D eigenvalue weighted by Crippen LogP contribution is -2.45. The van der Waals surface area contributed by atoms with Gasteiger partial charge in [-0.05, 0) is 86.1 Å². The van der Waals surface area contributed by atoms with Crippen LogP contribution < -0.4 is 5.32 Å². The molecule has 250 valence electrons. The van der Waals surface area contributed by atoms with Gasteiger partial charge < -0.3 is 14.6 Å². The lowest BCUT2D eigenvalue weighted by atomic mass is 9.85. The van der Waals surface area contributed by atoms with E-state index in [2.05, 4.69) is 9.88 Å². The number of alkyl halides is 3. The van der Waals surface area contributed by atoms with Crippen molar-refractivity contribution < 1.29 is 31.1 Å². The van der Waals surface area contributed by atoms with Crippen LogP contribution in [0.1, 0.15) is 100 Å². The first-order valence-corrected chi connectivity index (χ1v) is 17.9. The van der Waals surface area contributed by atoms with Gasteiger partial charge in [-0.15, -0.1) is 0 Å². The zero-order chi connectivity index (χ0) is 32.6. The Bertz CT molecular complexity index is 1470. The Labute approximate surface area is 265 Å². The highest BCUT2D eigenvalue weighted by molar-refractivity contribution is 7.89. The molecular weight excluding hydrogens is 603 g/mol. The second-order valence-electron chi connectivity index (χ2n) is 14.2. The second-order valence-corrected chi connectivity index (χ2v) is 16.1. The SMILES string of the molecule is Cc1c(C(=O)NC2CCOCC2)cc(-c2ccc(S(=O)(=O)N3CCCC(C(F)(F)F)C3)c(C(C)(C)C)c2)n1CC1CCCCC1. The van der Waals surface area contributed by atoms with Crippen LogP contribution in [-0.2, 0) is 26.7 Å². The Morgan fingerprint density at radius 2 is 1.67 bits per heavy atom. The molecule has 1 unspecified atom stereocenters. The van der Waals surface area contributed by atoms with Crippen LogP contribution >= 0.6 is 0 Å². The van der Waals surface area contributed by atoms with E-state index in [9.17, 15) is 26.4 Å². The van der Waals surface area contributed by atoms with E-state index in [1.807, 2.05) is 39.8 Å². The van der Waals surface area contributed by atoms with Gasteiger partial charge >= 0.3 is 6.18 Å². The number of nitrogens with zero attached hydrogens (tertiary/aromatic N) is 2. The molecule has 5 rings (SSSR count). The van der Waals surface area contributed by atoms with Crippen molar-refractivity contribution in [3.05, 3.63) is 41.1 Å². The topological polar surface area (TPSA) is 80.6 Å². The summed E-state index contributed by atoms with van der Waals surface area (Å²) in [5, 5.41) is 3.19. The number of halogens is 3. The number of sulfonamides is 1. The zero-order valence-electron chi connectivity index (χ0n) is 27.0. The highest BCUT2D eigenvalue weighted by Crippen LogP contribution is 2.39. The Kier molecular flexibility index (Phi) is 10.1. The van der Waals surface area contributed by atoms with Gasteiger partial charge in [0.2, 0.25) is 10.0 Å². The monoisotopic (exact) mass is 651 g/mol. The molecule has 1 N–H and O–H groups in total. The number of rotatable bonds is 7. The molecule has 0 radical (unpaired) electrons. The van der Waals surface area contributed by atoms with Gasteiger partial charge in [0.1, 0.15) is 0 Å². The first kappa shape index (κ1) is 34.0. The molecule has 3 aliphatic rings. The summed E-state index contributed by atoms with van der Waals surface area (Å²) in [7, 11) is -4.18. The fourth-order valence-corrected chi connectivity index (χ4v) is 9.06. The van der Waals surface area contributed by atoms with Crippen LogP contribution in [0.5, 0.6) is 0 Å². The van der Waals surface area contributed by atoms with E-state index in [4.69, 9.17) is 4.74 Å². The molecule has 1 atom stereocenters. The molecular formula is C34H48F3N3O4S. The molecule has 0 bridgehead atoms. The van der Waals surface area contributed by atoms with E-state index in [1.165, 1.54) is 19.3 Å². The van der Waals surface area contributed by atoms with Crippen molar-refractivity contribution in [1.82, 2.24) is 14.2 Å². The van der Waals surface area contributed by atoms with Crippen molar-refractivity contribution in [2.45, 2.75) is 115 Å². The lowest BCUT2D eigenvalue weighted by Gasteiger charge is -2.34. The van der Waals surface area contributed by atoms with Gasteiger partial charge in [-0.3, -0.25) is 4.79 Å². The van der Waals surface area contributed by atoms with Gasteiger partial charge in [0.25, 0.3) is 5.91 Å². The smallest absolute Gasteiger partial charge is 0.381 e. The van der Waals surface area contributed by atoms with Gasteiger partial charge in [-0.25, -0.2) is 8.42 Å². The van der Waals surface area contributed by atoms with E-state index in [-0.39, 0.29) is 36.2 Å². The van der Waals surface area contributed by atoms with Crippen LogP contribution in [-0.4, -0.2) is 61.7 Å². The van der Waals surface area contributed by atoms with Crippen molar-refractivity contribution in [3.8, 4) is 11.3 Å². The third-order valence-electron chi connectivity index (χ3n) is 9.88. The molecule has 3 fully saturated rings. The lowest BCUT2D eigenvalue weighted by molar-refractivity contribution is -0.182. The number of nitrogens with one attached hydrogen (secondary N) is 1. The summed E-state index contributed by atoms with van der Waals surface area (Å²) in [5.41, 5.74) is 3.05. The highest BCUT2D eigenvalue weighted by Gasteiger charge is 2.45. The molecule has 7 nitrogen and oxygen atoms in total. The number of piperidine rings is 1. The van der Waals surface area contributed by atoms with E-state index in [0.717, 1.165) is 53.5 Å². The van der Waals surface area contributed by atoms with Crippen LogP contribution in [0.4, 0.5) is 13.2 Å². The van der Waals surface area contributed by atoms with Crippen LogP contribution in [0.25, 0.3) is 11.3 Å². The minimum absolute atomic E-state index is 0.0427. The van der Waals surface area contributed by atoms with Crippen LogP contribution in [0.3, 0.4) is 0 Å². The Hall–Kier alpha value is -2.37. The number of benzene rings is 1. The van der Waals surface area contributed by atoms with Crippen LogP contribution in [0.15, 0.2) is 29.2 Å². The predicted molar refractivity (Wildman–Crippen MR) is 169 cm³/mol. The summed E-state index contributed by atoms with van der Waals surface area (Å²) in [6, 6.07) is 7.14. The summed E-state index contributed by atoms with van der Waals surface area (Å²) >= 11 is 0. The molecule has 11 heteroatoms. The minimum Gasteiger partial charge on any atom is -0.381 e. The minimum atomic E-state index is -4.44. The number of carbonyl (C=O) groups is 1. The summed E-state index contributed by atoms with van der Waals surface area (Å²) < 4.78 is 77.3. The standard InChI is InChI=1S/C34H48F3N3O4S/c1-23-28(32(41)38-27-14-17-44-18-15-27)20-30(40(23)21-24-9-6-5-7-10-24)25-12-13-31(29(19-25)33(2,3)4)45(42,43)39-16-8-11-26(22-39)34(35,36)37/h12-13,19-20,24,26-27H,5-11,14-18,21-22H2,1-4H3,(H,38,41). The molecule has 1 aliphatic carbocycles. The maximum absolute atomic E-state index is 13.9. The quantitative estimate of drug-likeness (QED) is 0.343. The zero-order valence-corrected chi connectivity index (χ0v) is 27.8. The molecule has 2 saturated heterocycles. The molecule has 0 spiro atoms. The summed E-state index contributed by atoms with van der Waals surface area (Å²) in [4.78, 5) is 13.6. The van der Waals surface area contributed by atoms with E-state index in [1.54, 1.807) is 12.1 Å². The first-order valence-electron chi connectivity index (χ1n) is 16.5. The van der Waals surface area contributed by atoms with E-state index < -0.39 is 34.1 Å². The van der Waals surface area contributed by atoms with Crippen LogP contribution in [0.2, 0.25) is 0 Å². The fourth-order valence-electron chi connectivity index (χ4n) is 7.15. The van der Waals surface area contributed by atoms with E-state index >= 15 is 0 Å². The molecule has 2 aromatic rings. The van der Waals surface area contributed by atoms with Gasteiger partial charge in [0.15, 0.2) is 0 Å². The Morgan fingerprint density at radius 1 is 0.978 bits per heavy atom. The maximum atomic E-state index is 13.9. The van der Waals surface area contributed by atoms with Gasteiger partial charge in [-0.2, -0.15) is 17.5 Å². The predicted octanol–water partition coefficient (Wildman–Crippen LogP) is 7.21. The largest absolute Gasteiger partial charge is 0.393 e. The molecule has 3 heterocycles. The highest BCUT2D eigenvalue weighted by atomic mass is 32.2. The summed E-state index contributed by atoms with van der Waals surface area (Å²) in [6.07, 6.45) is 3.05. The van der Waals surface area contributed by atoms with Crippen molar-refractivity contribution in [3.63, 3.8) is 0 Å². The second kappa shape index (κ2) is 13.4. The van der Waals surface area contributed by atoms with Crippen molar-refractivity contribution >= 4 is 15.9 Å². The summed E-state index contributed by atoms with van der Waals surface area (Å²) in [5.74, 6) is -1.31. The normalized spacial score (nSPS) is 21.6. The van der Waals surface area contributed by atoms with Gasteiger partial charge in [-0.1, -0.05) is 46.1 Å². The third kappa shape index (κ3) is 7.62. The number of ether oxygens (including phenoxy) is 1. The van der Waals surface area contributed by atoms with Crippen molar-refractivity contribution in [1.29, 1.82) is 0 Å². The van der Waals surface area contributed by atoms with E-state index in [0.29, 0.717) is 30.3 Å². The molecule has 1 amide bonds.